The molecule has 0 spiro atoms. The molecule has 0 saturated carbocycles. The predicted molar refractivity (Wildman–Crippen MR) is 158 cm³/mol. The lowest BCUT2D eigenvalue weighted by molar-refractivity contribution is 0.490. The fourth-order valence-electron chi connectivity index (χ4n) is 6.05. The van der Waals surface area contributed by atoms with E-state index in [1.165, 1.54) is 32.5 Å². The highest BCUT2D eigenvalue weighted by atomic mass is 32.1. The molecular formula is C34H27N3S. The molecule has 0 saturated heterocycles. The SMILES string of the molecule is CCC1(CC)c2cc(-c3cccc(-c4ccccn4)n3)ccc2-c2ccc(-c3nc4ccccc4s3)cc21. The van der Waals surface area contributed by atoms with E-state index in [4.69, 9.17) is 9.97 Å². The maximum atomic E-state index is 4.99. The fourth-order valence-corrected chi connectivity index (χ4v) is 7.01. The standard InChI is InChI=1S/C34H27N3S/c1-3-34(4-2)26-20-22(28-12-9-13-30(36-28)29-10-7-8-19-35-29)15-17-24(26)25-18-16-23(21-27(25)34)33-37-31-11-5-6-14-32(31)38-33/h5-21H,3-4H2,1-2H3. The van der Waals surface area contributed by atoms with Crippen LogP contribution < -0.4 is 0 Å². The Kier molecular flexibility index (Phi) is 5.45. The molecule has 3 nitrogen and oxygen atoms in total. The molecule has 0 N–H and O–H groups in total. The molecule has 1 aliphatic rings. The van der Waals surface area contributed by atoms with Gasteiger partial charge in [0.15, 0.2) is 0 Å². The molecule has 0 atom stereocenters. The van der Waals surface area contributed by atoms with Gasteiger partial charge in [-0.2, -0.15) is 0 Å². The lowest BCUT2D eigenvalue weighted by Crippen LogP contribution is -2.23. The van der Waals surface area contributed by atoms with Crippen molar-refractivity contribution in [3.8, 4) is 44.3 Å². The van der Waals surface area contributed by atoms with E-state index < -0.39 is 0 Å². The van der Waals surface area contributed by atoms with Crippen LogP contribution in [-0.2, 0) is 5.41 Å². The normalized spacial score (nSPS) is 13.4. The lowest BCUT2D eigenvalue weighted by Gasteiger charge is -2.30. The van der Waals surface area contributed by atoms with Crippen molar-refractivity contribution in [3.63, 3.8) is 0 Å². The Labute approximate surface area is 226 Å². The molecule has 0 unspecified atom stereocenters. The van der Waals surface area contributed by atoms with Crippen LogP contribution in [0.2, 0.25) is 0 Å². The molecule has 38 heavy (non-hydrogen) atoms. The third-order valence-corrected chi connectivity index (χ3v) is 9.17. The molecule has 7 rings (SSSR count). The van der Waals surface area contributed by atoms with Crippen LogP contribution in [0.25, 0.3) is 54.6 Å². The van der Waals surface area contributed by atoms with Crippen LogP contribution in [0.15, 0.2) is 103 Å². The van der Waals surface area contributed by atoms with Crippen molar-refractivity contribution < 1.29 is 0 Å². The summed E-state index contributed by atoms with van der Waals surface area (Å²) in [6.07, 6.45) is 3.89. The third-order valence-electron chi connectivity index (χ3n) is 8.08. The predicted octanol–water partition coefficient (Wildman–Crippen LogP) is 9.17. The Balaban J connectivity index is 1.34. The topological polar surface area (TPSA) is 38.7 Å². The molecule has 3 aromatic heterocycles. The van der Waals surface area contributed by atoms with Crippen molar-refractivity contribution in [1.82, 2.24) is 15.0 Å². The van der Waals surface area contributed by atoms with Crippen LogP contribution in [-0.4, -0.2) is 15.0 Å². The summed E-state index contributed by atoms with van der Waals surface area (Å²) >= 11 is 1.77. The zero-order valence-corrected chi connectivity index (χ0v) is 22.3. The van der Waals surface area contributed by atoms with Crippen molar-refractivity contribution in [2.45, 2.75) is 32.1 Å². The van der Waals surface area contributed by atoms with Gasteiger partial charge >= 0.3 is 0 Å². The van der Waals surface area contributed by atoms with Gasteiger partial charge in [-0.25, -0.2) is 9.97 Å². The molecule has 0 fully saturated rings. The van der Waals surface area contributed by atoms with Gasteiger partial charge in [-0.15, -0.1) is 11.3 Å². The van der Waals surface area contributed by atoms with Crippen LogP contribution in [0.1, 0.15) is 37.8 Å². The van der Waals surface area contributed by atoms with Crippen molar-refractivity contribution in [3.05, 3.63) is 114 Å². The first kappa shape index (κ1) is 23.0. The molecule has 0 radical (unpaired) electrons. The summed E-state index contributed by atoms with van der Waals surface area (Å²) in [6, 6.07) is 34.4. The number of nitrogens with zero attached hydrogens (tertiary/aromatic N) is 3. The Morgan fingerprint density at radius 3 is 2.05 bits per heavy atom. The number of hydrogen-bond donors (Lipinski definition) is 0. The van der Waals surface area contributed by atoms with Gasteiger partial charge in [0.1, 0.15) is 5.01 Å². The largest absolute Gasteiger partial charge is 0.255 e. The van der Waals surface area contributed by atoms with Crippen LogP contribution in [0, 0.1) is 0 Å². The number of pyridine rings is 2. The Morgan fingerprint density at radius 2 is 1.32 bits per heavy atom. The minimum absolute atomic E-state index is 0.0357. The number of para-hydroxylation sites is 1. The molecule has 4 heteroatoms. The quantitative estimate of drug-likeness (QED) is 0.232. The number of rotatable bonds is 5. The summed E-state index contributed by atoms with van der Waals surface area (Å²) in [5.74, 6) is 0. The zero-order valence-electron chi connectivity index (χ0n) is 21.5. The van der Waals surface area contributed by atoms with Crippen molar-refractivity contribution in [2.75, 3.05) is 0 Å². The fraction of sp³-hybridized carbons (Fsp3) is 0.147. The smallest absolute Gasteiger partial charge is 0.124 e. The van der Waals surface area contributed by atoms with Crippen LogP contribution in [0.4, 0.5) is 0 Å². The van der Waals surface area contributed by atoms with Crippen molar-refractivity contribution in [2.24, 2.45) is 0 Å². The van der Waals surface area contributed by atoms with E-state index in [0.717, 1.165) is 46.0 Å². The molecule has 3 aromatic carbocycles. The molecule has 0 bridgehead atoms. The van der Waals surface area contributed by atoms with E-state index in [9.17, 15) is 0 Å². The first-order chi connectivity index (χ1) is 18.7. The number of benzene rings is 3. The molecular weight excluding hydrogens is 482 g/mol. The minimum Gasteiger partial charge on any atom is -0.255 e. The Bertz CT molecular complexity index is 1770. The second-order valence-electron chi connectivity index (χ2n) is 9.92. The maximum Gasteiger partial charge on any atom is 0.124 e. The van der Waals surface area contributed by atoms with Crippen LogP contribution >= 0.6 is 11.3 Å². The van der Waals surface area contributed by atoms with E-state index >= 15 is 0 Å². The van der Waals surface area contributed by atoms with Crippen molar-refractivity contribution in [1.29, 1.82) is 0 Å². The molecule has 3 heterocycles. The number of hydrogen-bond acceptors (Lipinski definition) is 4. The van der Waals surface area contributed by atoms with Gasteiger partial charge < -0.3 is 0 Å². The van der Waals surface area contributed by atoms with Gasteiger partial charge in [0.25, 0.3) is 0 Å². The minimum atomic E-state index is -0.0357. The summed E-state index contributed by atoms with van der Waals surface area (Å²) in [4.78, 5) is 14.4. The van der Waals surface area contributed by atoms with Crippen LogP contribution in [0.3, 0.4) is 0 Å². The summed E-state index contributed by atoms with van der Waals surface area (Å²) in [7, 11) is 0. The maximum absolute atomic E-state index is 4.99. The third kappa shape index (κ3) is 3.52. The van der Waals surface area contributed by atoms with Gasteiger partial charge in [-0.05, 0) is 83.6 Å². The van der Waals surface area contributed by atoms with E-state index in [2.05, 4.69) is 91.6 Å². The monoisotopic (exact) mass is 509 g/mol. The lowest BCUT2D eigenvalue weighted by atomic mass is 9.73. The molecule has 0 amide bonds. The number of thiazole rings is 1. The highest BCUT2D eigenvalue weighted by Crippen LogP contribution is 2.54. The highest BCUT2D eigenvalue weighted by Gasteiger charge is 2.41. The van der Waals surface area contributed by atoms with Crippen LogP contribution in [0.5, 0.6) is 0 Å². The van der Waals surface area contributed by atoms with Crippen molar-refractivity contribution >= 4 is 21.6 Å². The van der Waals surface area contributed by atoms with E-state index in [1.54, 1.807) is 11.3 Å². The van der Waals surface area contributed by atoms with Gasteiger partial charge in [0.2, 0.25) is 0 Å². The Hall–Kier alpha value is -4.15. The zero-order chi connectivity index (χ0) is 25.7. The second-order valence-corrected chi connectivity index (χ2v) is 11.0. The van der Waals surface area contributed by atoms with Gasteiger partial charge in [-0.1, -0.05) is 62.4 Å². The average molecular weight is 510 g/mol. The second kappa shape index (κ2) is 9.00. The molecule has 1 aliphatic carbocycles. The summed E-state index contributed by atoms with van der Waals surface area (Å²) < 4.78 is 1.23. The summed E-state index contributed by atoms with van der Waals surface area (Å²) in [6.45, 7) is 4.64. The average Bonchev–Trinajstić information content (AvgIpc) is 3.54. The van der Waals surface area contributed by atoms with E-state index in [-0.39, 0.29) is 5.41 Å². The summed E-state index contributed by atoms with van der Waals surface area (Å²) in [5, 5.41) is 1.09. The van der Waals surface area contributed by atoms with E-state index in [1.807, 2.05) is 30.5 Å². The van der Waals surface area contributed by atoms with Gasteiger partial charge in [0, 0.05) is 22.7 Å². The van der Waals surface area contributed by atoms with Gasteiger partial charge in [-0.3, -0.25) is 4.98 Å². The first-order valence-corrected chi connectivity index (χ1v) is 14.1. The molecule has 184 valence electrons. The number of fused-ring (bicyclic) bond motifs is 4. The van der Waals surface area contributed by atoms with Gasteiger partial charge in [0.05, 0.1) is 27.3 Å². The molecule has 6 aromatic rings. The highest BCUT2D eigenvalue weighted by molar-refractivity contribution is 7.21. The molecule has 0 aliphatic heterocycles. The number of aromatic nitrogens is 3. The first-order valence-electron chi connectivity index (χ1n) is 13.2. The summed E-state index contributed by atoms with van der Waals surface area (Å²) in [5.41, 5.74) is 11.6. The Morgan fingerprint density at radius 1 is 0.632 bits per heavy atom. The van der Waals surface area contributed by atoms with E-state index in [0.29, 0.717) is 0 Å².